The summed E-state index contributed by atoms with van der Waals surface area (Å²) in [6.45, 7) is 0. The van der Waals surface area contributed by atoms with E-state index < -0.39 is 17.9 Å². The maximum atomic E-state index is 12.3. The van der Waals surface area contributed by atoms with Crippen LogP contribution in [0.25, 0.3) is 10.9 Å². The van der Waals surface area contributed by atoms with Gasteiger partial charge < -0.3 is 20.1 Å². The SMILES string of the molecule is COc1ccc(C(=O)N[C@@H](Cc2c[nH]c3ccccc23)C(=O)O)cc1. The molecule has 0 bridgehead atoms. The van der Waals surface area contributed by atoms with Gasteiger partial charge >= 0.3 is 5.97 Å². The van der Waals surface area contributed by atoms with Crippen LogP contribution in [0.1, 0.15) is 15.9 Å². The zero-order valence-corrected chi connectivity index (χ0v) is 13.7. The van der Waals surface area contributed by atoms with E-state index in [9.17, 15) is 14.7 Å². The highest BCUT2D eigenvalue weighted by Gasteiger charge is 2.22. The number of benzene rings is 2. The Bertz CT molecular complexity index is 899. The van der Waals surface area contributed by atoms with Crippen LogP contribution in [0.15, 0.2) is 54.7 Å². The van der Waals surface area contributed by atoms with E-state index in [2.05, 4.69) is 10.3 Å². The minimum absolute atomic E-state index is 0.196. The summed E-state index contributed by atoms with van der Waals surface area (Å²) in [7, 11) is 1.54. The van der Waals surface area contributed by atoms with Crippen molar-refractivity contribution in [2.75, 3.05) is 7.11 Å². The molecule has 25 heavy (non-hydrogen) atoms. The molecule has 2 aromatic carbocycles. The third-order valence-electron chi connectivity index (χ3n) is 4.05. The summed E-state index contributed by atoms with van der Waals surface area (Å²) in [4.78, 5) is 27.0. The average Bonchev–Trinajstić information content (AvgIpc) is 3.04. The molecule has 0 radical (unpaired) electrons. The van der Waals surface area contributed by atoms with Gasteiger partial charge in [0, 0.05) is 29.1 Å². The molecule has 3 aromatic rings. The maximum Gasteiger partial charge on any atom is 0.326 e. The number of carbonyl (C=O) groups excluding carboxylic acids is 1. The monoisotopic (exact) mass is 338 g/mol. The van der Waals surface area contributed by atoms with E-state index in [1.165, 1.54) is 7.11 Å². The van der Waals surface area contributed by atoms with Crippen molar-refractivity contribution in [2.24, 2.45) is 0 Å². The van der Waals surface area contributed by atoms with Gasteiger partial charge in [-0.05, 0) is 35.9 Å². The van der Waals surface area contributed by atoms with Gasteiger partial charge in [0.25, 0.3) is 5.91 Å². The highest BCUT2D eigenvalue weighted by atomic mass is 16.5. The number of hydrogen-bond acceptors (Lipinski definition) is 3. The normalized spacial score (nSPS) is 11.9. The van der Waals surface area contributed by atoms with Gasteiger partial charge in [-0.25, -0.2) is 4.79 Å². The lowest BCUT2D eigenvalue weighted by Crippen LogP contribution is -2.42. The fourth-order valence-electron chi connectivity index (χ4n) is 2.70. The number of aliphatic carboxylic acids is 1. The number of carboxylic acid groups (broad SMARTS) is 1. The number of fused-ring (bicyclic) bond motifs is 1. The number of aromatic amines is 1. The van der Waals surface area contributed by atoms with Gasteiger partial charge in [0.1, 0.15) is 11.8 Å². The van der Waals surface area contributed by atoms with E-state index in [-0.39, 0.29) is 6.42 Å². The third kappa shape index (κ3) is 3.63. The quantitative estimate of drug-likeness (QED) is 0.644. The molecule has 0 saturated heterocycles. The maximum absolute atomic E-state index is 12.3. The predicted octanol–water partition coefficient (Wildman–Crippen LogP) is 2.60. The lowest BCUT2D eigenvalue weighted by atomic mass is 10.0. The number of methoxy groups -OCH3 is 1. The van der Waals surface area contributed by atoms with Crippen LogP contribution < -0.4 is 10.1 Å². The van der Waals surface area contributed by atoms with Gasteiger partial charge in [-0.1, -0.05) is 18.2 Å². The first kappa shape index (κ1) is 16.6. The molecule has 1 heterocycles. The van der Waals surface area contributed by atoms with E-state index in [0.29, 0.717) is 11.3 Å². The zero-order chi connectivity index (χ0) is 17.8. The van der Waals surface area contributed by atoms with Crippen LogP contribution in [0.3, 0.4) is 0 Å². The fourth-order valence-corrected chi connectivity index (χ4v) is 2.70. The lowest BCUT2D eigenvalue weighted by Gasteiger charge is -2.14. The van der Waals surface area contributed by atoms with Gasteiger partial charge in [0.2, 0.25) is 0 Å². The summed E-state index contributed by atoms with van der Waals surface area (Å²) in [5, 5.41) is 13.0. The largest absolute Gasteiger partial charge is 0.497 e. The van der Waals surface area contributed by atoms with Crippen LogP contribution >= 0.6 is 0 Å². The fraction of sp³-hybridized carbons (Fsp3) is 0.158. The minimum Gasteiger partial charge on any atom is -0.497 e. The van der Waals surface area contributed by atoms with Crippen molar-refractivity contribution in [2.45, 2.75) is 12.5 Å². The number of para-hydroxylation sites is 1. The molecule has 6 nitrogen and oxygen atoms in total. The van der Waals surface area contributed by atoms with E-state index in [4.69, 9.17) is 4.74 Å². The first-order valence-corrected chi connectivity index (χ1v) is 7.81. The van der Waals surface area contributed by atoms with Crippen LogP contribution in [-0.2, 0) is 11.2 Å². The molecule has 1 atom stereocenters. The minimum atomic E-state index is -1.08. The molecule has 3 N–H and O–H groups in total. The second-order valence-corrected chi connectivity index (χ2v) is 5.66. The topological polar surface area (TPSA) is 91.4 Å². The number of ether oxygens (including phenoxy) is 1. The molecule has 0 aliphatic rings. The number of carboxylic acids is 1. The number of aromatic nitrogens is 1. The van der Waals surface area contributed by atoms with Crippen molar-refractivity contribution < 1.29 is 19.4 Å². The Labute approximate surface area is 144 Å². The third-order valence-corrected chi connectivity index (χ3v) is 4.05. The summed E-state index contributed by atoms with van der Waals surface area (Å²) >= 11 is 0. The number of nitrogens with one attached hydrogen (secondary N) is 2. The molecule has 0 saturated carbocycles. The average molecular weight is 338 g/mol. The van der Waals surface area contributed by atoms with Crippen LogP contribution in [0, 0.1) is 0 Å². The second kappa shape index (κ2) is 7.09. The van der Waals surface area contributed by atoms with Gasteiger partial charge in [-0.3, -0.25) is 4.79 Å². The van der Waals surface area contributed by atoms with Gasteiger partial charge in [-0.15, -0.1) is 0 Å². The van der Waals surface area contributed by atoms with Gasteiger partial charge in [-0.2, -0.15) is 0 Å². The van der Waals surface area contributed by atoms with Crippen LogP contribution in [0.5, 0.6) is 5.75 Å². The van der Waals surface area contributed by atoms with E-state index in [1.807, 2.05) is 24.3 Å². The molecular formula is C19H18N2O4. The molecule has 1 aromatic heterocycles. The van der Waals surface area contributed by atoms with E-state index >= 15 is 0 Å². The Morgan fingerprint density at radius 2 is 1.88 bits per heavy atom. The van der Waals surface area contributed by atoms with Crippen molar-refractivity contribution in [1.29, 1.82) is 0 Å². The highest BCUT2D eigenvalue weighted by molar-refractivity contribution is 5.97. The van der Waals surface area contributed by atoms with E-state index in [1.54, 1.807) is 30.5 Å². The van der Waals surface area contributed by atoms with Crippen molar-refractivity contribution in [3.8, 4) is 5.75 Å². The second-order valence-electron chi connectivity index (χ2n) is 5.66. The Morgan fingerprint density at radius 1 is 1.16 bits per heavy atom. The Hall–Kier alpha value is -3.28. The number of rotatable bonds is 6. The van der Waals surface area contributed by atoms with Crippen molar-refractivity contribution >= 4 is 22.8 Å². The first-order chi connectivity index (χ1) is 12.1. The molecule has 6 heteroatoms. The summed E-state index contributed by atoms with van der Waals surface area (Å²) in [5.41, 5.74) is 2.16. The molecule has 128 valence electrons. The van der Waals surface area contributed by atoms with E-state index in [0.717, 1.165) is 16.5 Å². The summed E-state index contributed by atoms with van der Waals surface area (Å²) in [6.07, 6.45) is 1.97. The number of amides is 1. The smallest absolute Gasteiger partial charge is 0.326 e. The Morgan fingerprint density at radius 3 is 2.56 bits per heavy atom. The summed E-state index contributed by atoms with van der Waals surface area (Å²) in [6, 6.07) is 13.1. The molecule has 0 fully saturated rings. The van der Waals surface area contributed by atoms with Crippen LogP contribution in [0.4, 0.5) is 0 Å². The summed E-state index contributed by atoms with van der Waals surface area (Å²) in [5.74, 6) is -0.882. The van der Waals surface area contributed by atoms with Gasteiger partial charge in [0.05, 0.1) is 7.11 Å². The molecule has 0 spiro atoms. The molecule has 0 unspecified atom stereocenters. The highest BCUT2D eigenvalue weighted by Crippen LogP contribution is 2.19. The number of hydrogen-bond donors (Lipinski definition) is 3. The molecule has 0 aliphatic carbocycles. The lowest BCUT2D eigenvalue weighted by molar-refractivity contribution is -0.139. The van der Waals surface area contributed by atoms with Gasteiger partial charge in [0.15, 0.2) is 0 Å². The number of carbonyl (C=O) groups is 2. The Kier molecular flexibility index (Phi) is 4.70. The molecular weight excluding hydrogens is 320 g/mol. The summed E-state index contributed by atoms with van der Waals surface area (Å²) < 4.78 is 5.05. The Balaban J connectivity index is 1.76. The zero-order valence-electron chi connectivity index (χ0n) is 13.7. The number of H-pyrrole nitrogens is 1. The first-order valence-electron chi connectivity index (χ1n) is 7.81. The predicted molar refractivity (Wildman–Crippen MR) is 93.9 cm³/mol. The van der Waals surface area contributed by atoms with Crippen LogP contribution in [-0.4, -0.2) is 35.1 Å². The van der Waals surface area contributed by atoms with Crippen molar-refractivity contribution in [3.63, 3.8) is 0 Å². The molecule has 0 aliphatic heterocycles. The molecule has 3 rings (SSSR count). The van der Waals surface area contributed by atoms with Crippen LogP contribution in [0.2, 0.25) is 0 Å². The van der Waals surface area contributed by atoms with Crippen molar-refractivity contribution in [1.82, 2.24) is 10.3 Å². The standard InChI is InChI=1S/C19H18N2O4/c1-25-14-8-6-12(7-9-14)18(22)21-17(19(23)24)10-13-11-20-16-5-3-2-4-15(13)16/h2-9,11,17,20H,10H2,1H3,(H,21,22)(H,23,24)/t17-/m0/s1. The van der Waals surface area contributed by atoms with Crippen molar-refractivity contribution in [3.05, 3.63) is 65.9 Å². The molecule has 1 amide bonds.